The highest BCUT2D eigenvalue weighted by Gasteiger charge is 2.31. The van der Waals surface area contributed by atoms with Crippen molar-refractivity contribution in [2.45, 2.75) is 51.2 Å². The molecular weight excluding hydrogens is 404 g/mol. The number of pyridine rings is 1. The molecule has 2 aliphatic heterocycles. The van der Waals surface area contributed by atoms with Gasteiger partial charge in [0.15, 0.2) is 0 Å². The number of rotatable bonds is 7. The molecule has 1 unspecified atom stereocenters. The molecule has 170 valence electrons. The molecule has 2 saturated heterocycles. The number of hydrogen-bond donors (Lipinski definition) is 1. The fourth-order valence-electron chi connectivity index (χ4n) is 4.71. The minimum atomic E-state index is -0.405. The van der Waals surface area contributed by atoms with Gasteiger partial charge in [0, 0.05) is 31.9 Å². The van der Waals surface area contributed by atoms with E-state index in [-0.39, 0.29) is 30.0 Å². The number of likely N-dealkylation sites (tertiary alicyclic amines) is 2. The molecule has 0 aliphatic carbocycles. The minimum absolute atomic E-state index is 0.107. The van der Waals surface area contributed by atoms with Gasteiger partial charge in [-0.15, -0.1) is 0 Å². The van der Waals surface area contributed by atoms with Crippen LogP contribution in [0.2, 0.25) is 0 Å². The van der Waals surface area contributed by atoms with E-state index in [0.717, 1.165) is 44.5 Å². The Bertz CT molecular complexity index is 982. The van der Waals surface area contributed by atoms with E-state index < -0.39 is 5.56 Å². The summed E-state index contributed by atoms with van der Waals surface area (Å²) in [5.74, 6) is -0.469. The highest BCUT2D eigenvalue weighted by molar-refractivity contribution is 5.94. The monoisotopic (exact) mass is 436 g/mol. The summed E-state index contributed by atoms with van der Waals surface area (Å²) in [6.45, 7) is 4.05. The van der Waals surface area contributed by atoms with Crippen molar-refractivity contribution in [3.63, 3.8) is 0 Å². The summed E-state index contributed by atoms with van der Waals surface area (Å²) < 4.78 is 1.33. The van der Waals surface area contributed by atoms with Gasteiger partial charge < -0.3 is 19.7 Å². The van der Waals surface area contributed by atoms with Crippen LogP contribution in [0.25, 0.3) is 0 Å². The number of carbonyl (C=O) groups excluding carboxylic acids is 2. The number of nitrogens with one attached hydrogen (secondary N) is 1. The fourth-order valence-corrected chi connectivity index (χ4v) is 4.71. The lowest BCUT2D eigenvalue weighted by molar-refractivity contribution is -0.121. The molecule has 1 aromatic heterocycles. The van der Waals surface area contributed by atoms with Crippen molar-refractivity contribution in [1.29, 1.82) is 0 Å². The molecule has 7 nitrogen and oxygen atoms in total. The number of hydrogen-bond acceptors (Lipinski definition) is 4. The van der Waals surface area contributed by atoms with Gasteiger partial charge in [-0.05, 0) is 62.9 Å². The quantitative estimate of drug-likeness (QED) is 0.723. The maximum atomic E-state index is 13.3. The first-order valence-electron chi connectivity index (χ1n) is 11.7. The molecule has 2 amide bonds. The van der Waals surface area contributed by atoms with Gasteiger partial charge in [0.2, 0.25) is 5.91 Å². The molecule has 0 spiro atoms. The Hall–Kier alpha value is -2.93. The Morgan fingerprint density at radius 2 is 1.69 bits per heavy atom. The van der Waals surface area contributed by atoms with Gasteiger partial charge in [0.1, 0.15) is 12.1 Å². The SMILES string of the molecule is O=C(Cn1cccc(C(=O)N2CCCCC2CN2CCCC2)c1=O)NCc1ccccc1. The molecule has 2 fully saturated rings. The van der Waals surface area contributed by atoms with Crippen LogP contribution in [0.3, 0.4) is 0 Å². The number of piperidine rings is 1. The van der Waals surface area contributed by atoms with Crippen molar-refractivity contribution in [2.24, 2.45) is 0 Å². The molecule has 2 aliphatic rings. The first-order chi connectivity index (χ1) is 15.6. The zero-order valence-electron chi connectivity index (χ0n) is 18.5. The highest BCUT2D eigenvalue weighted by atomic mass is 16.2. The maximum absolute atomic E-state index is 13.3. The number of nitrogens with zero attached hydrogens (tertiary/aromatic N) is 3. The maximum Gasteiger partial charge on any atom is 0.263 e. The summed E-state index contributed by atoms with van der Waals surface area (Å²) in [6.07, 6.45) is 7.06. The highest BCUT2D eigenvalue weighted by Crippen LogP contribution is 2.21. The van der Waals surface area contributed by atoms with Gasteiger partial charge in [0.25, 0.3) is 11.5 Å². The van der Waals surface area contributed by atoms with Gasteiger partial charge in [0.05, 0.1) is 0 Å². The Kier molecular flexibility index (Phi) is 7.37. The molecule has 0 radical (unpaired) electrons. The Labute approximate surface area is 189 Å². The predicted molar refractivity (Wildman–Crippen MR) is 123 cm³/mol. The molecule has 7 heteroatoms. The molecule has 2 aromatic rings. The average molecular weight is 437 g/mol. The lowest BCUT2D eigenvalue weighted by atomic mass is 10.0. The van der Waals surface area contributed by atoms with Crippen LogP contribution in [-0.4, -0.2) is 58.4 Å². The first-order valence-corrected chi connectivity index (χ1v) is 11.7. The van der Waals surface area contributed by atoms with E-state index in [1.165, 1.54) is 17.4 Å². The van der Waals surface area contributed by atoms with Crippen molar-refractivity contribution in [3.05, 3.63) is 70.1 Å². The normalized spacial score (nSPS) is 19.1. The van der Waals surface area contributed by atoms with Crippen molar-refractivity contribution in [2.75, 3.05) is 26.2 Å². The van der Waals surface area contributed by atoms with Gasteiger partial charge >= 0.3 is 0 Å². The molecule has 4 rings (SSSR count). The van der Waals surface area contributed by atoms with Crippen molar-refractivity contribution in [3.8, 4) is 0 Å². The first kappa shape index (κ1) is 22.3. The van der Waals surface area contributed by atoms with E-state index >= 15 is 0 Å². The Morgan fingerprint density at radius 1 is 0.938 bits per heavy atom. The summed E-state index contributed by atoms with van der Waals surface area (Å²) in [4.78, 5) is 43.1. The van der Waals surface area contributed by atoms with Crippen LogP contribution < -0.4 is 10.9 Å². The van der Waals surface area contributed by atoms with Crippen molar-refractivity contribution in [1.82, 2.24) is 19.7 Å². The zero-order chi connectivity index (χ0) is 22.3. The standard InChI is InChI=1S/C25H32N4O3/c30-23(26-17-20-9-2-1-3-10-20)19-28-15-8-12-22(24(28)31)25(32)29-16-5-4-11-21(29)18-27-13-6-7-14-27/h1-3,8-10,12,15,21H,4-7,11,13-14,16-19H2,(H,26,30). The summed E-state index contributed by atoms with van der Waals surface area (Å²) in [7, 11) is 0. The van der Waals surface area contributed by atoms with E-state index in [2.05, 4.69) is 10.2 Å². The predicted octanol–water partition coefficient (Wildman–Crippen LogP) is 2.26. The lowest BCUT2D eigenvalue weighted by Crippen LogP contribution is -2.50. The van der Waals surface area contributed by atoms with E-state index in [0.29, 0.717) is 13.1 Å². The van der Waals surface area contributed by atoms with E-state index in [9.17, 15) is 14.4 Å². The third kappa shape index (κ3) is 5.46. The molecular formula is C25H32N4O3. The van der Waals surface area contributed by atoms with Crippen LogP contribution in [0.1, 0.15) is 48.0 Å². The summed E-state index contributed by atoms with van der Waals surface area (Å²) in [5.41, 5.74) is 0.737. The second-order valence-electron chi connectivity index (χ2n) is 8.77. The molecule has 3 heterocycles. The Morgan fingerprint density at radius 3 is 2.47 bits per heavy atom. The smallest absolute Gasteiger partial charge is 0.263 e. The Balaban J connectivity index is 1.42. The lowest BCUT2D eigenvalue weighted by Gasteiger charge is -2.37. The van der Waals surface area contributed by atoms with Crippen LogP contribution in [0.4, 0.5) is 0 Å². The van der Waals surface area contributed by atoms with Crippen molar-refractivity contribution >= 4 is 11.8 Å². The van der Waals surface area contributed by atoms with Crippen LogP contribution in [0, 0.1) is 0 Å². The van der Waals surface area contributed by atoms with E-state index in [4.69, 9.17) is 0 Å². The fraction of sp³-hybridized carbons (Fsp3) is 0.480. The third-order valence-corrected chi connectivity index (χ3v) is 6.45. The van der Waals surface area contributed by atoms with Gasteiger partial charge in [-0.1, -0.05) is 30.3 Å². The van der Waals surface area contributed by atoms with Crippen LogP contribution in [0.5, 0.6) is 0 Å². The number of aromatic nitrogens is 1. The van der Waals surface area contributed by atoms with E-state index in [1.807, 2.05) is 35.2 Å². The van der Waals surface area contributed by atoms with Crippen molar-refractivity contribution < 1.29 is 9.59 Å². The topological polar surface area (TPSA) is 74.7 Å². The van der Waals surface area contributed by atoms with Crippen LogP contribution in [-0.2, 0) is 17.9 Å². The number of benzene rings is 1. The second-order valence-corrected chi connectivity index (χ2v) is 8.77. The molecule has 0 saturated carbocycles. The van der Waals surface area contributed by atoms with Gasteiger partial charge in [-0.3, -0.25) is 14.4 Å². The second kappa shape index (κ2) is 10.6. The number of amides is 2. The average Bonchev–Trinajstić information content (AvgIpc) is 3.33. The van der Waals surface area contributed by atoms with Gasteiger partial charge in [-0.25, -0.2) is 0 Å². The summed E-state index contributed by atoms with van der Waals surface area (Å²) in [6, 6.07) is 13.0. The molecule has 1 atom stereocenters. The van der Waals surface area contributed by atoms with Crippen LogP contribution >= 0.6 is 0 Å². The molecule has 1 N–H and O–H groups in total. The number of carbonyl (C=O) groups is 2. The molecule has 32 heavy (non-hydrogen) atoms. The third-order valence-electron chi connectivity index (χ3n) is 6.45. The molecule has 0 bridgehead atoms. The summed E-state index contributed by atoms with van der Waals surface area (Å²) in [5, 5.41) is 2.83. The minimum Gasteiger partial charge on any atom is -0.350 e. The van der Waals surface area contributed by atoms with E-state index in [1.54, 1.807) is 18.3 Å². The van der Waals surface area contributed by atoms with Crippen LogP contribution in [0.15, 0.2) is 53.5 Å². The summed E-state index contributed by atoms with van der Waals surface area (Å²) >= 11 is 0. The zero-order valence-corrected chi connectivity index (χ0v) is 18.5. The largest absolute Gasteiger partial charge is 0.350 e. The van der Waals surface area contributed by atoms with Gasteiger partial charge in [-0.2, -0.15) is 0 Å². The molecule has 1 aromatic carbocycles.